The highest BCUT2D eigenvalue weighted by molar-refractivity contribution is 6.25. The second-order valence-corrected chi connectivity index (χ2v) is 17.6. The number of imide groups is 1. The number of esters is 2. The third-order valence-electron chi connectivity index (χ3n) is 13.3. The Hall–Kier alpha value is -6.53. The van der Waals surface area contributed by atoms with Crippen LogP contribution in [0.2, 0.25) is 0 Å². The molecule has 2 saturated heterocycles. The summed E-state index contributed by atoms with van der Waals surface area (Å²) in [5, 5.41) is 24.0. The summed E-state index contributed by atoms with van der Waals surface area (Å²) in [6, 6.07) is 24.4. The van der Waals surface area contributed by atoms with Gasteiger partial charge in [-0.3, -0.25) is 19.3 Å². The van der Waals surface area contributed by atoms with Crippen LogP contribution in [0, 0.1) is 23.7 Å². The second kappa shape index (κ2) is 18.5. The minimum Gasteiger partial charge on any atom is -0.491 e. The number of ether oxygens (including phenoxy) is 3. The molecule has 65 heavy (non-hydrogen) atoms. The van der Waals surface area contributed by atoms with Crippen LogP contribution in [0.25, 0.3) is 0 Å². The van der Waals surface area contributed by atoms with Crippen molar-refractivity contribution in [3.8, 4) is 17.6 Å². The summed E-state index contributed by atoms with van der Waals surface area (Å²) >= 11 is 0. The zero-order valence-electron chi connectivity index (χ0n) is 36.6. The summed E-state index contributed by atoms with van der Waals surface area (Å²) < 4.78 is 17.4. The van der Waals surface area contributed by atoms with Crippen molar-refractivity contribution in [3.63, 3.8) is 0 Å². The lowest BCUT2D eigenvalue weighted by molar-refractivity contribution is -0.178. The lowest BCUT2D eigenvalue weighted by Gasteiger charge is -2.46. The average Bonchev–Trinajstić information content (AvgIpc) is 3.65. The van der Waals surface area contributed by atoms with Gasteiger partial charge in [0, 0.05) is 5.56 Å². The van der Waals surface area contributed by atoms with Gasteiger partial charge in [-0.05, 0) is 84.2 Å². The molecule has 7 unspecified atom stereocenters. The van der Waals surface area contributed by atoms with E-state index in [-0.39, 0.29) is 24.5 Å². The number of cyclic esters (lactones) is 1. The predicted octanol–water partition coefficient (Wildman–Crippen LogP) is 5.55. The Morgan fingerprint density at radius 3 is 2.17 bits per heavy atom. The zero-order chi connectivity index (χ0) is 46.0. The molecule has 5 N–H and O–H groups in total. The number of primary amides is 1. The number of nitrogens with zero attached hydrogens (tertiary/aromatic N) is 2. The smallest absolute Gasteiger partial charge is 0.329 e. The first-order valence-corrected chi connectivity index (χ1v) is 22.2. The number of aliphatic hydroxyl groups is 2. The van der Waals surface area contributed by atoms with E-state index in [0.29, 0.717) is 40.8 Å². The molecule has 1 saturated carbocycles. The zero-order valence-corrected chi connectivity index (χ0v) is 36.6. The van der Waals surface area contributed by atoms with E-state index in [0.717, 1.165) is 30.6 Å². The molecule has 0 radical (unpaired) electrons. The Bertz CT molecular complexity index is 2510. The maximum absolute atomic E-state index is 16.2. The molecule has 7 atom stereocenters. The summed E-state index contributed by atoms with van der Waals surface area (Å²) in [5.41, 5.74) is 5.52. The van der Waals surface area contributed by atoms with Crippen LogP contribution in [0.5, 0.6) is 5.75 Å². The average molecular weight is 883 g/mol. The normalized spacial score (nSPS) is 25.1. The van der Waals surface area contributed by atoms with Crippen LogP contribution in [-0.4, -0.2) is 82.9 Å². The van der Waals surface area contributed by atoms with Crippen molar-refractivity contribution in [1.82, 2.24) is 10.2 Å². The maximum atomic E-state index is 16.2. The summed E-state index contributed by atoms with van der Waals surface area (Å²) in [6.45, 7) is 3.10. The number of benzene rings is 4. The number of rotatable bonds is 10. The standard InChI is InChI=1S/C51H54N4O10/c1-31(2)40(46(58)63-3)53-49(61)54-38-22-21-32(23-26-50(62)24-12-4-5-13-25-50)29-37(38)51(48(54)60)39(45(52)57)42-47(59)65-43(34-17-10-7-11-18-34)41(33-15-8-6-9-16-33)55(42)44(51)35-19-14-20-36(30-35)64-28-27-56/h6-11,14-22,29-31,39-44,56,62H,4-5,12-13,24-25,27-28H2,1-3H3,(H2,52,57)(H,53,61). The van der Waals surface area contributed by atoms with Gasteiger partial charge in [0.25, 0.3) is 0 Å². The highest BCUT2D eigenvalue weighted by Gasteiger charge is 2.75. The molecule has 3 fully saturated rings. The number of morpholine rings is 1. The fraction of sp³-hybridized carbons (Fsp3) is 0.392. The van der Waals surface area contributed by atoms with Gasteiger partial charge in [0.2, 0.25) is 11.8 Å². The monoisotopic (exact) mass is 882 g/mol. The molecule has 14 heteroatoms. The Morgan fingerprint density at radius 1 is 0.877 bits per heavy atom. The third kappa shape index (κ3) is 8.13. The number of hydrogen-bond donors (Lipinski definition) is 4. The number of carbonyl (C=O) groups is 5. The van der Waals surface area contributed by atoms with E-state index in [1.807, 2.05) is 65.6 Å². The van der Waals surface area contributed by atoms with Crippen molar-refractivity contribution >= 4 is 35.5 Å². The topological polar surface area (TPSA) is 198 Å². The van der Waals surface area contributed by atoms with Crippen molar-refractivity contribution in [2.75, 3.05) is 25.2 Å². The van der Waals surface area contributed by atoms with Gasteiger partial charge in [-0.15, -0.1) is 0 Å². The minimum atomic E-state index is -2.15. The van der Waals surface area contributed by atoms with Gasteiger partial charge >= 0.3 is 18.0 Å². The maximum Gasteiger partial charge on any atom is 0.329 e. The number of fused-ring (bicyclic) bond motifs is 3. The van der Waals surface area contributed by atoms with Crippen molar-refractivity contribution in [2.45, 2.75) is 93.7 Å². The van der Waals surface area contributed by atoms with Crippen molar-refractivity contribution in [1.29, 1.82) is 0 Å². The predicted molar refractivity (Wildman–Crippen MR) is 239 cm³/mol. The molecule has 4 amide bonds. The van der Waals surface area contributed by atoms with Crippen LogP contribution in [-0.2, 0) is 34.1 Å². The molecule has 4 aromatic carbocycles. The van der Waals surface area contributed by atoms with Gasteiger partial charge in [0.1, 0.15) is 41.6 Å². The lowest BCUT2D eigenvalue weighted by Crippen LogP contribution is -2.57. The molecule has 3 aliphatic heterocycles. The van der Waals surface area contributed by atoms with Crippen LogP contribution >= 0.6 is 0 Å². The largest absolute Gasteiger partial charge is 0.491 e. The first kappa shape index (κ1) is 45.1. The summed E-state index contributed by atoms with van der Waals surface area (Å²) in [6.07, 6.45) is 3.60. The number of aliphatic hydroxyl groups excluding tert-OH is 1. The Kier molecular flexibility index (Phi) is 12.8. The molecular weight excluding hydrogens is 829 g/mol. The molecule has 8 rings (SSSR count). The Morgan fingerprint density at radius 2 is 1.54 bits per heavy atom. The van der Waals surface area contributed by atoms with E-state index in [1.54, 1.807) is 56.3 Å². The first-order chi connectivity index (χ1) is 31.3. The molecule has 4 aromatic rings. The van der Waals surface area contributed by atoms with Gasteiger partial charge in [-0.2, -0.15) is 0 Å². The number of anilines is 1. The SMILES string of the molecule is COC(=O)C(NC(=O)N1C(=O)C2(c3cc(C#CC4(O)CCCCCC4)ccc31)C(C(N)=O)C1C(=O)OC(c3ccccc3)C(c3ccccc3)N1C2c1cccc(OCCO)c1)C(C)C. The number of nitrogens with one attached hydrogen (secondary N) is 1. The highest BCUT2D eigenvalue weighted by atomic mass is 16.6. The van der Waals surface area contributed by atoms with E-state index in [9.17, 15) is 24.6 Å². The fourth-order valence-electron chi connectivity index (χ4n) is 10.4. The van der Waals surface area contributed by atoms with Crippen LogP contribution in [0.1, 0.15) is 98.4 Å². The number of nitrogens with two attached hydrogens (primary N) is 1. The summed E-state index contributed by atoms with van der Waals surface area (Å²) in [4.78, 5) is 76.5. The van der Waals surface area contributed by atoms with Gasteiger partial charge in [0.05, 0.1) is 37.4 Å². The molecule has 1 aliphatic carbocycles. The van der Waals surface area contributed by atoms with E-state index in [4.69, 9.17) is 19.9 Å². The van der Waals surface area contributed by atoms with E-state index in [1.165, 1.54) is 7.11 Å². The Labute approximate surface area is 378 Å². The van der Waals surface area contributed by atoms with Crippen LogP contribution < -0.4 is 20.7 Å². The summed E-state index contributed by atoms with van der Waals surface area (Å²) in [5.74, 6) is 1.04. The van der Waals surface area contributed by atoms with Gasteiger partial charge in [0.15, 0.2) is 0 Å². The van der Waals surface area contributed by atoms with E-state index >= 15 is 9.59 Å². The fourth-order valence-corrected chi connectivity index (χ4v) is 10.4. The number of methoxy groups -OCH3 is 1. The quantitative estimate of drug-likeness (QED) is 0.0885. The van der Waals surface area contributed by atoms with Crippen molar-refractivity contribution in [2.24, 2.45) is 17.6 Å². The lowest BCUT2D eigenvalue weighted by atomic mass is 9.65. The number of urea groups is 1. The number of hydrogen-bond acceptors (Lipinski definition) is 11. The van der Waals surface area contributed by atoms with Crippen molar-refractivity contribution < 1.29 is 48.4 Å². The van der Waals surface area contributed by atoms with Crippen molar-refractivity contribution in [3.05, 3.63) is 131 Å². The van der Waals surface area contributed by atoms with Crippen LogP contribution in [0.15, 0.2) is 103 Å². The van der Waals surface area contributed by atoms with Gasteiger partial charge < -0.3 is 35.5 Å². The molecule has 0 bridgehead atoms. The number of amides is 4. The number of carbonyl (C=O) groups excluding carboxylic acids is 5. The molecule has 0 aromatic heterocycles. The molecule has 4 aliphatic rings. The van der Waals surface area contributed by atoms with Gasteiger partial charge in [-0.1, -0.05) is 111 Å². The van der Waals surface area contributed by atoms with Crippen LogP contribution in [0.3, 0.4) is 0 Å². The summed E-state index contributed by atoms with van der Waals surface area (Å²) in [7, 11) is 1.20. The molecular formula is C51H54N4O10. The van der Waals surface area contributed by atoms with E-state index in [2.05, 4.69) is 17.2 Å². The highest BCUT2D eigenvalue weighted by Crippen LogP contribution is 2.66. The molecule has 338 valence electrons. The minimum absolute atomic E-state index is 0.0497. The third-order valence-corrected chi connectivity index (χ3v) is 13.3. The first-order valence-electron chi connectivity index (χ1n) is 22.2. The molecule has 3 heterocycles. The molecule has 1 spiro atoms. The molecule has 14 nitrogen and oxygen atoms in total. The Balaban J connectivity index is 1.43. The van der Waals surface area contributed by atoms with Gasteiger partial charge in [-0.25, -0.2) is 14.5 Å². The van der Waals surface area contributed by atoms with E-state index < -0.39 is 82.9 Å². The second-order valence-electron chi connectivity index (χ2n) is 17.6. The van der Waals surface area contributed by atoms with Crippen LogP contribution in [0.4, 0.5) is 10.5 Å².